The van der Waals surface area contributed by atoms with Crippen LogP contribution in [0.2, 0.25) is 0 Å². The molecule has 1 aromatic carbocycles. The molecule has 0 aromatic heterocycles. The average Bonchev–Trinajstić information content (AvgIpc) is 2.78. The van der Waals surface area contributed by atoms with Crippen LogP contribution in [0.25, 0.3) is 0 Å². The van der Waals surface area contributed by atoms with Crippen molar-refractivity contribution in [1.82, 2.24) is 9.80 Å². The van der Waals surface area contributed by atoms with E-state index in [1.54, 1.807) is 0 Å². The molecule has 2 aliphatic rings. The highest BCUT2D eigenvalue weighted by Gasteiger charge is 2.35. The van der Waals surface area contributed by atoms with Gasteiger partial charge in [0.2, 0.25) is 0 Å². The number of carbonyl (C=O) groups excluding carboxylic acids is 1. The Morgan fingerprint density at radius 2 is 1.87 bits per heavy atom. The molecule has 160 valence electrons. The summed E-state index contributed by atoms with van der Waals surface area (Å²) >= 11 is 0. The summed E-state index contributed by atoms with van der Waals surface area (Å²) in [4.78, 5) is 19.0. The van der Waals surface area contributed by atoms with E-state index in [1.807, 2.05) is 31.2 Å². The molecule has 2 unspecified atom stereocenters. The third-order valence-corrected chi connectivity index (χ3v) is 6.21. The van der Waals surface area contributed by atoms with E-state index in [-0.39, 0.29) is 5.97 Å². The van der Waals surface area contributed by atoms with Crippen molar-refractivity contribution in [3.63, 3.8) is 0 Å². The van der Waals surface area contributed by atoms with Crippen LogP contribution in [0.5, 0.6) is 0 Å². The van der Waals surface area contributed by atoms with Gasteiger partial charge in [0.15, 0.2) is 0 Å². The lowest BCUT2D eigenvalue weighted by Crippen LogP contribution is -2.57. The third kappa shape index (κ3) is 5.72. The zero-order chi connectivity index (χ0) is 21.3. The molecular weight excluding hydrogens is 378 g/mol. The van der Waals surface area contributed by atoms with Gasteiger partial charge in [-0.1, -0.05) is 0 Å². The Labute approximate surface area is 179 Å². The van der Waals surface area contributed by atoms with Gasteiger partial charge in [0.05, 0.1) is 30.9 Å². The molecule has 0 aliphatic carbocycles. The average molecular weight is 410 g/mol. The smallest absolute Gasteiger partial charge is 0.320 e. The van der Waals surface area contributed by atoms with E-state index in [1.165, 1.54) is 5.69 Å². The normalized spacial score (nSPS) is 22.8. The fraction of sp³-hybridized carbons (Fsp3) is 0.609. The fourth-order valence-corrected chi connectivity index (χ4v) is 4.70. The number of carbonyl (C=O) groups is 1. The fourth-order valence-electron chi connectivity index (χ4n) is 4.70. The van der Waals surface area contributed by atoms with E-state index in [4.69, 9.17) is 15.3 Å². The molecule has 0 spiro atoms. The number of hydrogen-bond donors (Lipinski definition) is 0. The predicted octanol–water partition coefficient (Wildman–Crippen LogP) is 2.24. The van der Waals surface area contributed by atoms with Crippen molar-refractivity contribution in [2.45, 2.75) is 32.2 Å². The molecular formula is C23H31N5O2. The zero-order valence-electron chi connectivity index (χ0n) is 17.8. The van der Waals surface area contributed by atoms with Gasteiger partial charge in [-0.3, -0.25) is 14.6 Å². The van der Waals surface area contributed by atoms with E-state index >= 15 is 0 Å². The number of nitrogens with zero attached hydrogens (tertiary/aromatic N) is 5. The molecule has 7 heteroatoms. The first-order valence-corrected chi connectivity index (χ1v) is 10.9. The van der Waals surface area contributed by atoms with Gasteiger partial charge < -0.3 is 9.64 Å². The standard InChI is InChI=1S/C23H31N5O2/c1-2-30-23(29)18-26-11-9-22(20(17-26)4-3-10-24)28-14-12-27(13-15-28)21-7-5-19(16-25)6-8-21/h5-8,20,22H,2-4,9,11-15,17-18H2,1H3. The topological polar surface area (TPSA) is 83.6 Å². The molecule has 2 saturated heterocycles. The number of nitriles is 2. The van der Waals surface area contributed by atoms with Crippen molar-refractivity contribution in [1.29, 1.82) is 10.5 Å². The van der Waals surface area contributed by atoms with Crippen LogP contribution in [0.15, 0.2) is 24.3 Å². The molecule has 2 heterocycles. The molecule has 0 saturated carbocycles. The van der Waals surface area contributed by atoms with Gasteiger partial charge >= 0.3 is 5.97 Å². The quantitative estimate of drug-likeness (QED) is 0.639. The molecule has 2 aliphatic heterocycles. The van der Waals surface area contributed by atoms with Gasteiger partial charge in [-0.2, -0.15) is 10.5 Å². The minimum absolute atomic E-state index is 0.161. The Hall–Kier alpha value is -2.61. The molecule has 2 atom stereocenters. The van der Waals surface area contributed by atoms with Gasteiger partial charge in [0.25, 0.3) is 0 Å². The van der Waals surface area contributed by atoms with Gasteiger partial charge in [-0.05, 0) is 49.9 Å². The second-order valence-corrected chi connectivity index (χ2v) is 8.03. The SMILES string of the molecule is CCOC(=O)CN1CCC(N2CCN(c3ccc(C#N)cc3)CC2)C(CCC#N)C1. The van der Waals surface area contributed by atoms with E-state index in [0.717, 1.165) is 52.1 Å². The maximum Gasteiger partial charge on any atom is 0.320 e. The van der Waals surface area contributed by atoms with Crippen LogP contribution >= 0.6 is 0 Å². The minimum atomic E-state index is -0.161. The first kappa shape index (κ1) is 22.1. The molecule has 30 heavy (non-hydrogen) atoms. The lowest BCUT2D eigenvalue weighted by Gasteiger charge is -2.47. The Balaban J connectivity index is 1.57. The first-order valence-electron chi connectivity index (χ1n) is 10.9. The van der Waals surface area contributed by atoms with Gasteiger partial charge in [-0.25, -0.2) is 0 Å². The number of esters is 1. The highest BCUT2D eigenvalue weighted by Crippen LogP contribution is 2.28. The van der Waals surface area contributed by atoms with Crippen LogP contribution in [0.3, 0.4) is 0 Å². The molecule has 2 fully saturated rings. The number of piperidine rings is 1. The second-order valence-electron chi connectivity index (χ2n) is 8.03. The van der Waals surface area contributed by atoms with Crippen molar-refractivity contribution >= 4 is 11.7 Å². The van der Waals surface area contributed by atoms with Crippen molar-refractivity contribution < 1.29 is 9.53 Å². The van der Waals surface area contributed by atoms with Gasteiger partial charge in [0.1, 0.15) is 0 Å². The maximum absolute atomic E-state index is 11.9. The Bertz CT molecular complexity index is 774. The molecule has 1 aromatic rings. The van der Waals surface area contributed by atoms with Crippen molar-refractivity contribution in [2.75, 3.05) is 57.3 Å². The first-order chi connectivity index (χ1) is 14.6. The predicted molar refractivity (Wildman–Crippen MR) is 115 cm³/mol. The Morgan fingerprint density at radius 1 is 1.13 bits per heavy atom. The summed E-state index contributed by atoms with van der Waals surface area (Å²) in [7, 11) is 0. The van der Waals surface area contributed by atoms with Crippen LogP contribution in [0.4, 0.5) is 5.69 Å². The largest absolute Gasteiger partial charge is 0.465 e. The van der Waals surface area contributed by atoms with E-state index in [9.17, 15) is 4.79 Å². The Kier molecular flexibility index (Phi) is 8.07. The monoisotopic (exact) mass is 409 g/mol. The molecule has 0 N–H and O–H groups in total. The molecule has 3 rings (SSSR count). The Morgan fingerprint density at radius 3 is 2.50 bits per heavy atom. The second kappa shape index (κ2) is 11.0. The van der Waals surface area contributed by atoms with Crippen LogP contribution in [-0.2, 0) is 9.53 Å². The summed E-state index contributed by atoms with van der Waals surface area (Å²) in [6.45, 7) is 8.23. The van der Waals surface area contributed by atoms with Crippen LogP contribution in [0, 0.1) is 28.6 Å². The van der Waals surface area contributed by atoms with Crippen molar-refractivity contribution in [3.8, 4) is 12.1 Å². The van der Waals surface area contributed by atoms with E-state index in [0.29, 0.717) is 37.1 Å². The number of hydrogen-bond acceptors (Lipinski definition) is 7. The molecule has 0 bridgehead atoms. The summed E-state index contributed by atoms with van der Waals surface area (Å²) in [6, 6.07) is 12.7. The lowest BCUT2D eigenvalue weighted by molar-refractivity contribution is -0.145. The van der Waals surface area contributed by atoms with Crippen LogP contribution in [-0.4, -0.2) is 74.2 Å². The van der Waals surface area contributed by atoms with Gasteiger partial charge in [0, 0.05) is 57.4 Å². The number of piperazine rings is 1. The number of ether oxygens (including phenoxy) is 1. The lowest BCUT2D eigenvalue weighted by atomic mass is 9.86. The molecule has 0 radical (unpaired) electrons. The summed E-state index contributed by atoms with van der Waals surface area (Å²) in [5.74, 6) is 0.236. The van der Waals surface area contributed by atoms with Crippen LogP contribution < -0.4 is 4.90 Å². The summed E-state index contributed by atoms with van der Waals surface area (Å²) in [5, 5.41) is 18.1. The number of anilines is 1. The highest BCUT2D eigenvalue weighted by atomic mass is 16.5. The van der Waals surface area contributed by atoms with Crippen molar-refractivity contribution in [2.24, 2.45) is 5.92 Å². The van der Waals surface area contributed by atoms with E-state index < -0.39 is 0 Å². The molecule has 7 nitrogen and oxygen atoms in total. The number of likely N-dealkylation sites (tertiary alicyclic amines) is 1. The van der Waals surface area contributed by atoms with Crippen molar-refractivity contribution in [3.05, 3.63) is 29.8 Å². The number of rotatable bonds is 7. The molecule has 0 amide bonds. The highest BCUT2D eigenvalue weighted by molar-refractivity contribution is 5.71. The van der Waals surface area contributed by atoms with Gasteiger partial charge in [-0.15, -0.1) is 0 Å². The zero-order valence-corrected chi connectivity index (χ0v) is 17.8. The summed E-state index contributed by atoms with van der Waals surface area (Å²) < 4.78 is 5.11. The number of benzene rings is 1. The minimum Gasteiger partial charge on any atom is -0.465 e. The van der Waals surface area contributed by atoms with Crippen LogP contribution in [0.1, 0.15) is 31.7 Å². The third-order valence-electron chi connectivity index (χ3n) is 6.21. The van der Waals surface area contributed by atoms with E-state index in [2.05, 4.69) is 26.8 Å². The summed E-state index contributed by atoms with van der Waals surface area (Å²) in [6.07, 6.45) is 2.45. The maximum atomic E-state index is 11.9. The summed E-state index contributed by atoms with van der Waals surface area (Å²) in [5.41, 5.74) is 1.85.